The van der Waals surface area contributed by atoms with Gasteiger partial charge in [0.05, 0.1) is 11.6 Å². The normalized spacial score (nSPS) is 10.7. The zero-order valence-electron chi connectivity index (χ0n) is 18.6. The fourth-order valence-electron chi connectivity index (χ4n) is 3.73. The van der Waals surface area contributed by atoms with Crippen LogP contribution in [0.15, 0.2) is 77.6 Å². The molecule has 1 aromatic heterocycles. The molecule has 0 aliphatic heterocycles. The van der Waals surface area contributed by atoms with E-state index in [1.807, 2.05) is 30.3 Å². The highest BCUT2D eigenvalue weighted by atomic mass is 35.5. The van der Waals surface area contributed by atoms with Crippen LogP contribution in [0.4, 0.5) is 0 Å². The van der Waals surface area contributed by atoms with Crippen LogP contribution in [-0.4, -0.2) is 38.2 Å². The molecular formula is C26H19Cl2N3O5. The number of halogens is 2. The van der Waals surface area contributed by atoms with Crippen molar-refractivity contribution in [3.05, 3.63) is 104 Å². The Bertz CT molecular complexity index is 1520. The van der Waals surface area contributed by atoms with Gasteiger partial charge in [-0.25, -0.2) is 0 Å². The molecule has 36 heavy (non-hydrogen) atoms. The molecule has 3 N–H and O–H groups in total. The standard InChI is InChI=1S/C26H19Cl2N3O5/c27-18-11-5-4-9-16(18)14-31-23(30-25(35)22(26(31)36)24(34)29-13-20(32)33)21-17(10-6-12-19(21)28)15-7-2-1-3-8-15/h1-12,35H,13-14H2,(H,29,34)(H,32,33). The summed E-state index contributed by atoms with van der Waals surface area (Å²) < 4.78 is 1.18. The zero-order chi connectivity index (χ0) is 25.8. The number of aromatic hydroxyl groups is 1. The molecule has 10 heteroatoms. The Morgan fingerprint density at radius 3 is 2.28 bits per heavy atom. The Morgan fingerprint density at radius 1 is 0.917 bits per heavy atom. The van der Waals surface area contributed by atoms with Crippen molar-refractivity contribution in [1.29, 1.82) is 0 Å². The van der Waals surface area contributed by atoms with Crippen LogP contribution >= 0.6 is 23.2 Å². The van der Waals surface area contributed by atoms with Crippen molar-refractivity contribution in [2.45, 2.75) is 6.54 Å². The summed E-state index contributed by atoms with van der Waals surface area (Å²) in [6, 6.07) is 21.3. The third kappa shape index (κ3) is 5.10. The largest absolute Gasteiger partial charge is 0.493 e. The smallest absolute Gasteiger partial charge is 0.322 e. The quantitative estimate of drug-likeness (QED) is 0.329. The Labute approximate surface area is 215 Å². The van der Waals surface area contributed by atoms with Crippen LogP contribution in [0.5, 0.6) is 5.88 Å². The molecule has 1 amide bonds. The Hall–Kier alpha value is -4.14. The van der Waals surface area contributed by atoms with Gasteiger partial charge in [-0.15, -0.1) is 0 Å². The number of carbonyl (C=O) groups is 2. The van der Waals surface area contributed by atoms with Crippen LogP contribution in [0.1, 0.15) is 15.9 Å². The highest BCUT2D eigenvalue weighted by Gasteiger charge is 2.26. The number of aliphatic carboxylic acids is 1. The molecule has 0 aliphatic rings. The first-order valence-electron chi connectivity index (χ1n) is 10.7. The van der Waals surface area contributed by atoms with Gasteiger partial charge in [0.25, 0.3) is 11.5 Å². The summed E-state index contributed by atoms with van der Waals surface area (Å²) >= 11 is 12.9. The predicted octanol–water partition coefficient (Wildman–Crippen LogP) is 4.45. The molecule has 0 atom stereocenters. The van der Waals surface area contributed by atoms with Gasteiger partial charge in [0, 0.05) is 10.6 Å². The number of aromatic nitrogens is 2. The van der Waals surface area contributed by atoms with E-state index in [9.17, 15) is 19.5 Å². The van der Waals surface area contributed by atoms with E-state index < -0.39 is 35.4 Å². The average molecular weight is 524 g/mol. The molecule has 4 rings (SSSR count). The van der Waals surface area contributed by atoms with Crippen molar-refractivity contribution in [3.63, 3.8) is 0 Å². The van der Waals surface area contributed by atoms with Crippen LogP contribution in [0.3, 0.4) is 0 Å². The number of carboxylic acid groups (broad SMARTS) is 1. The maximum atomic E-state index is 13.6. The number of benzene rings is 3. The third-order valence-electron chi connectivity index (χ3n) is 5.39. The van der Waals surface area contributed by atoms with E-state index in [2.05, 4.69) is 10.3 Å². The first kappa shape index (κ1) is 25.0. The van der Waals surface area contributed by atoms with Crippen molar-refractivity contribution in [2.75, 3.05) is 6.54 Å². The van der Waals surface area contributed by atoms with Gasteiger partial charge in [-0.05, 0) is 28.8 Å². The lowest BCUT2D eigenvalue weighted by Gasteiger charge is -2.19. The SMILES string of the molecule is O=C(O)CNC(=O)c1c(O)nc(-c2c(Cl)cccc2-c2ccccc2)n(Cc2ccccc2Cl)c1=O. The first-order valence-corrected chi connectivity index (χ1v) is 11.4. The molecule has 1 heterocycles. The molecule has 0 bridgehead atoms. The maximum Gasteiger partial charge on any atom is 0.322 e. The fourth-order valence-corrected chi connectivity index (χ4v) is 4.19. The second kappa shape index (κ2) is 10.6. The summed E-state index contributed by atoms with van der Waals surface area (Å²) in [4.78, 5) is 41.3. The van der Waals surface area contributed by atoms with Crippen LogP contribution in [0.2, 0.25) is 10.0 Å². The van der Waals surface area contributed by atoms with Gasteiger partial charge in [-0.3, -0.25) is 19.0 Å². The van der Waals surface area contributed by atoms with Gasteiger partial charge in [0.2, 0.25) is 5.88 Å². The molecule has 182 valence electrons. The Balaban J connectivity index is 1.99. The fraction of sp³-hybridized carbons (Fsp3) is 0.0769. The van der Waals surface area contributed by atoms with Crippen molar-refractivity contribution >= 4 is 35.1 Å². The van der Waals surface area contributed by atoms with E-state index >= 15 is 0 Å². The van der Waals surface area contributed by atoms with Gasteiger partial charge in [-0.1, -0.05) is 83.9 Å². The molecule has 0 spiro atoms. The van der Waals surface area contributed by atoms with Crippen molar-refractivity contribution < 1.29 is 19.8 Å². The number of hydrogen-bond acceptors (Lipinski definition) is 5. The van der Waals surface area contributed by atoms with E-state index in [-0.39, 0.29) is 17.4 Å². The molecule has 0 unspecified atom stereocenters. The topological polar surface area (TPSA) is 122 Å². The second-order valence-corrected chi connectivity index (χ2v) is 8.54. The number of nitrogens with one attached hydrogen (secondary N) is 1. The van der Waals surface area contributed by atoms with E-state index in [0.29, 0.717) is 21.7 Å². The first-order chi connectivity index (χ1) is 17.3. The number of nitrogens with zero attached hydrogens (tertiary/aromatic N) is 2. The molecule has 8 nitrogen and oxygen atoms in total. The molecule has 4 aromatic rings. The third-order valence-corrected chi connectivity index (χ3v) is 6.07. The van der Waals surface area contributed by atoms with Gasteiger partial charge in [0.1, 0.15) is 12.4 Å². The Kier molecular flexibility index (Phi) is 7.38. The van der Waals surface area contributed by atoms with Crippen molar-refractivity contribution in [3.8, 4) is 28.4 Å². The zero-order valence-corrected chi connectivity index (χ0v) is 20.1. The predicted molar refractivity (Wildman–Crippen MR) is 137 cm³/mol. The van der Waals surface area contributed by atoms with Crippen LogP contribution < -0.4 is 10.9 Å². The second-order valence-electron chi connectivity index (χ2n) is 7.72. The minimum absolute atomic E-state index is 0.0108. The highest BCUT2D eigenvalue weighted by Crippen LogP contribution is 2.37. The maximum absolute atomic E-state index is 13.6. The van der Waals surface area contributed by atoms with Crippen LogP contribution in [-0.2, 0) is 11.3 Å². The molecule has 3 aromatic carbocycles. The summed E-state index contributed by atoms with van der Waals surface area (Å²) in [5.74, 6) is -3.23. The minimum atomic E-state index is -1.31. The van der Waals surface area contributed by atoms with Gasteiger partial charge in [-0.2, -0.15) is 4.98 Å². The number of carboxylic acids is 1. The molecule has 0 fully saturated rings. The number of amides is 1. The summed E-state index contributed by atoms with van der Waals surface area (Å²) in [7, 11) is 0. The Morgan fingerprint density at radius 2 is 1.58 bits per heavy atom. The lowest BCUT2D eigenvalue weighted by Crippen LogP contribution is -2.37. The van der Waals surface area contributed by atoms with Crippen LogP contribution in [0.25, 0.3) is 22.5 Å². The van der Waals surface area contributed by atoms with Crippen molar-refractivity contribution in [1.82, 2.24) is 14.9 Å². The summed E-state index contributed by atoms with van der Waals surface area (Å²) in [5, 5.41) is 22.3. The number of rotatable bonds is 7. The van der Waals surface area contributed by atoms with Gasteiger partial charge in [0.15, 0.2) is 5.56 Å². The summed E-state index contributed by atoms with van der Waals surface area (Å²) in [6.45, 7) is -0.841. The van der Waals surface area contributed by atoms with Gasteiger partial charge >= 0.3 is 5.97 Å². The minimum Gasteiger partial charge on any atom is -0.493 e. The lowest BCUT2D eigenvalue weighted by molar-refractivity contribution is -0.135. The molecule has 0 radical (unpaired) electrons. The average Bonchev–Trinajstić information content (AvgIpc) is 2.86. The van der Waals surface area contributed by atoms with E-state index in [0.717, 1.165) is 5.56 Å². The molecular weight excluding hydrogens is 505 g/mol. The van der Waals surface area contributed by atoms with E-state index in [1.165, 1.54) is 4.57 Å². The number of carbonyl (C=O) groups excluding carboxylic acids is 1. The highest BCUT2D eigenvalue weighted by molar-refractivity contribution is 6.34. The summed E-state index contributed by atoms with van der Waals surface area (Å²) in [6.07, 6.45) is 0. The number of hydrogen-bond donors (Lipinski definition) is 3. The van der Waals surface area contributed by atoms with Crippen LogP contribution in [0, 0.1) is 0 Å². The lowest BCUT2D eigenvalue weighted by atomic mass is 9.98. The summed E-state index contributed by atoms with van der Waals surface area (Å²) in [5.41, 5.74) is 0.767. The van der Waals surface area contributed by atoms with Gasteiger partial charge < -0.3 is 15.5 Å². The van der Waals surface area contributed by atoms with E-state index in [4.69, 9.17) is 28.3 Å². The van der Waals surface area contributed by atoms with E-state index in [1.54, 1.807) is 42.5 Å². The molecule has 0 saturated heterocycles. The van der Waals surface area contributed by atoms with Crippen molar-refractivity contribution in [2.24, 2.45) is 0 Å². The molecule has 0 saturated carbocycles. The monoisotopic (exact) mass is 523 g/mol. The molecule has 0 aliphatic carbocycles.